The van der Waals surface area contributed by atoms with Gasteiger partial charge in [-0.05, 0) is 47.9 Å². The minimum Gasteiger partial charge on any atom is -0.355 e. The third-order valence-corrected chi connectivity index (χ3v) is 5.99. The summed E-state index contributed by atoms with van der Waals surface area (Å²) in [5.74, 6) is 0.662. The van der Waals surface area contributed by atoms with Gasteiger partial charge in [0, 0.05) is 17.8 Å². The molecule has 0 saturated heterocycles. The maximum absolute atomic E-state index is 13.4. The van der Waals surface area contributed by atoms with E-state index in [1.807, 2.05) is 53.1 Å². The Morgan fingerprint density at radius 2 is 1.62 bits per heavy atom. The lowest BCUT2D eigenvalue weighted by Crippen LogP contribution is -2.29. The zero-order valence-electron chi connectivity index (χ0n) is 17.6. The lowest BCUT2D eigenvalue weighted by Gasteiger charge is -2.13. The van der Waals surface area contributed by atoms with Crippen LogP contribution in [-0.2, 0) is 4.79 Å². The van der Waals surface area contributed by atoms with Crippen molar-refractivity contribution in [2.24, 2.45) is 0 Å². The van der Waals surface area contributed by atoms with Crippen molar-refractivity contribution in [2.45, 2.75) is 18.0 Å². The Labute approximate surface area is 190 Å². The van der Waals surface area contributed by atoms with E-state index < -0.39 is 0 Å². The minimum absolute atomic E-state index is 0.0660. The van der Waals surface area contributed by atoms with Crippen molar-refractivity contribution in [1.29, 1.82) is 0 Å². The predicted molar refractivity (Wildman–Crippen MR) is 125 cm³/mol. The standard InChI is InChI=1S/C25H23FN4OS/c1-18(19-8-4-2-5-9-19)16-27-23(31)17-32-25-29-28-24(20-12-14-21(26)15-13-20)30(25)22-10-6-3-7-11-22/h2-15,18H,16-17H2,1H3,(H,27,31). The molecule has 0 aliphatic heterocycles. The highest BCUT2D eigenvalue weighted by atomic mass is 32.2. The first kappa shape index (κ1) is 21.8. The molecule has 32 heavy (non-hydrogen) atoms. The topological polar surface area (TPSA) is 59.8 Å². The van der Waals surface area contributed by atoms with Gasteiger partial charge in [-0.2, -0.15) is 0 Å². The van der Waals surface area contributed by atoms with Crippen LogP contribution in [0.25, 0.3) is 17.1 Å². The van der Waals surface area contributed by atoms with Crippen molar-refractivity contribution < 1.29 is 9.18 Å². The van der Waals surface area contributed by atoms with Gasteiger partial charge in [0.05, 0.1) is 5.75 Å². The largest absolute Gasteiger partial charge is 0.355 e. The van der Waals surface area contributed by atoms with Crippen LogP contribution in [0.1, 0.15) is 18.4 Å². The lowest BCUT2D eigenvalue weighted by molar-refractivity contribution is -0.118. The number of carbonyl (C=O) groups excluding carboxylic acids is 1. The SMILES string of the molecule is CC(CNC(=O)CSc1nnc(-c2ccc(F)cc2)n1-c1ccccc1)c1ccccc1. The molecule has 4 aromatic rings. The molecule has 1 amide bonds. The molecule has 0 radical (unpaired) electrons. The molecule has 162 valence electrons. The summed E-state index contributed by atoms with van der Waals surface area (Å²) in [6, 6.07) is 25.9. The molecule has 0 fully saturated rings. The van der Waals surface area contributed by atoms with Gasteiger partial charge in [-0.15, -0.1) is 10.2 Å². The molecule has 3 aromatic carbocycles. The second kappa shape index (κ2) is 10.2. The van der Waals surface area contributed by atoms with E-state index >= 15 is 0 Å². The summed E-state index contributed by atoms with van der Waals surface area (Å²) in [7, 11) is 0. The minimum atomic E-state index is -0.310. The van der Waals surface area contributed by atoms with Gasteiger partial charge in [0.25, 0.3) is 0 Å². The molecule has 5 nitrogen and oxygen atoms in total. The van der Waals surface area contributed by atoms with Gasteiger partial charge in [-0.1, -0.05) is 67.2 Å². The first-order valence-corrected chi connectivity index (χ1v) is 11.3. The maximum Gasteiger partial charge on any atom is 0.230 e. The molecule has 1 unspecified atom stereocenters. The first-order valence-electron chi connectivity index (χ1n) is 10.3. The highest BCUT2D eigenvalue weighted by molar-refractivity contribution is 7.99. The van der Waals surface area contributed by atoms with Crippen LogP contribution in [-0.4, -0.2) is 33.0 Å². The van der Waals surface area contributed by atoms with E-state index in [1.165, 1.54) is 29.5 Å². The number of amides is 1. The zero-order valence-corrected chi connectivity index (χ0v) is 18.4. The van der Waals surface area contributed by atoms with Crippen LogP contribution in [0.2, 0.25) is 0 Å². The molecule has 0 aliphatic carbocycles. The van der Waals surface area contributed by atoms with Gasteiger partial charge in [0.15, 0.2) is 11.0 Å². The van der Waals surface area contributed by atoms with E-state index in [1.54, 1.807) is 12.1 Å². The van der Waals surface area contributed by atoms with Crippen molar-refractivity contribution in [3.05, 3.63) is 96.3 Å². The van der Waals surface area contributed by atoms with Gasteiger partial charge < -0.3 is 5.32 Å². The van der Waals surface area contributed by atoms with Crippen LogP contribution < -0.4 is 5.32 Å². The van der Waals surface area contributed by atoms with Crippen LogP contribution in [0, 0.1) is 5.82 Å². The lowest BCUT2D eigenvalue weighted by atomic mass is 10.0. The number of para-hydroxylation sites is 1. The highest BCUT2D eigenvalue weighted by Gasteiger charge is 2.17. The van der Waals surface area contributed by atoms with Crippen molar-refractivity contribution in [1.82, 2.24) is 20.1 Å². The summed E-state index contributed by atoms with van der Waals surface area (Å²) in [6.07, 6.45) is 0. The zero-order chi connectivity index (χ0) is 22.3. The van der Waals surface area contributed by atoms with Gasteiger partial charge in [0.1, 0.15) is 5.82 Å². The van der Waals surface area contributed by atoms with E-state index in [-0.39, 0.29) is 23.4 Å². The van der Waals surface area contributed by atoms with Crippen LogP contribution in [0.15, 0.2) is 90.1 Å². The van der Waals surface area contributed by atoms with E-state index in [2.05, 4.69) is 34.6 Å². The van der Waals surface area contributed by atoms with Crippen LogP contribution >= 0.6 is 11.8 Å². The Hall–Kier alpha value is -3.45. The molecule has 1 heterocycles. The number of nitrogens with zero attached hydrogens (tertiary/aromatic N) is 3. The molecule has 1 aromatic heterocycles. The summed E-state index contributed by atoms with van der Waals surface area (Å²) in [4.78, 5) is 12.5. The molecule has 7 heteroatoms. The Kier molecular flexibility index (Phi) is 6.97. The van der Waals surface area contributed by atoms with Crippen LogP contribution in [0.3, 0.4) is 0 Å². The monoisotopic (exact) mass is 446 g/mol. The van der Waals surface area contributed by atoms with Gasteiger partial charge in [-0.25, -0.2) is 4.39 Å². The molecule has 0 spiro atoms. The summed E-state index contributed by atoms with van der Waals surface area (Å²) in [6.45, 7) is 2.65. The fourth-order valence-electron chi connectivity index (χ4n) is 3.31. The molecule has 0 saturated carbocycles. The van der Waals surface area contributed by atoms with Crippen LogP contribution in [0.4, 0.5) is 4.39 Å². The molecular weight excluding hydrogens is 423 g/mol. The smallest absolute Gasteiger partial charge is 0.230 e. The molecule has 1 N–H and O–H groups in total. The third kappa shape index (κ3) is 5.23. The second-order valence-electron chi connectivity index (χ2n) is 7.39. The Bertz CT molecular complexity index is 1160. The number of benzene rings is 3. The van der Waals surface area contributed by atoms with E-state index in [0.29, 0.717) is 17.5 Å². The Morgan fingerprint density at radius 1 is 0.969 bits per heavy atom. The van der Waals surface area contributed by atoms with Gasteiger partial charge in [0.2, 0.25) is 5.91 Å². The quantitative estimate of drug-likeness (QED) is 0.383. The van der Waals surface area contributed by atoms with E-state index in [4.69, 9.17) is 0 Å². The summed E-state index contributed by atoms with van der Waals surface area (Å²) in [5, 5.41) is 12.2. The molecule has 0 bridgehead atoms. The van der Waals surface area contributed by atoms with Crippen LogP contribution in [0.5, 0.6) is 0 Å². The predicted octanol–water partition coefficient (Wildman–Crippen LogP) is 5.09. The first-order chi connectivity index (χ1) is 15.6. The normalized spacial score (nSPS) is 11.8. The van der Waals surface area contributed by atoms with Crippen molar-refractivity contribution in [3.63, 3.8) is 0 Å². The highest BCUT2D eigenvalue weighted by Crippen LogP contribution is 2.28. The second-order valence-corrected chi connectivity index (χ2v) is 8.33. The third-order valence-electron chi connectivity index (χ3n) is 5.06. The number of aromatic nitrogens is 3. The Balaban J connectivity index is 1.47. The number of carbonyl (C=O) groups is 1. The van der Waals surface area contributed by atoms with Gasteiger partial charge >= 0.3 is 0 Å². The average Bonchev–Trinajstić information content (AvgIpc) is 3.26. The summed E-state index contributed by atoms with van der Waals surface area (Å²) >= 11 is 1.32. The molecule has 4 rings (SSSR count). The summed E-state index contributed by atoms with van der Waals surface area (Å²) in [5.41, 5.74) is 2.81. The molecular formula is C25H23FN4OS. The fraction of sp³-hybridized carbons (Fsp3) is 0.160. The summed E-state index contributed by atoms with van der Waals surface area (Å²) < 4.78 is 15.3. The van der Waals surface area contributed by atoms with Crippen molar-refractivity contribution in [3.8, 4) is 17.1 Å². The molecule has 1 atom stereocenters. The van der Waals surface area contributed by atoms with Crippen molar-refractivity contribution >= 4 is 17.7 Å². The number of hydrogen-bond donors (Lipinski definition) is 1. The number of halogens is 1. The Morgan fingerprint density at radius 3 is 2.31 bits per heavy atom. The molecule has 0 aliphatic rings. The number of thioether (sulfide) groups is 1. The number of nitrogens with one attached hydrogen (secondary N) is 1. The van der Waals surface area contributed by atoms with E-state index in [9.17, 15) is 9.18 Å². The van der Waals surface area contributed by atoms with E-state index in [0.717, 1.165) is 11.3 Å². The number of rotatable bonds is 8. The maximum atomic E-state index is 13.4. The van der Waals surface area contributed by atoms with Gasteiger partial charge in [-0.3, -0.25) is 9.36 Å². The van der Waals surface area contributed by atoms with Crippen molar-refractivity contribution in [2.75, 3.05) is 12.3 Å². The fourth-order valence-corrected chi connectivity index (χ4v) is 4.09. The average molecular weight is 447 g/mol. The number of hydrogen-bond acceptors (Lipinski definition) is 4.